The van der Waals surface area contributed by atoms with Crippen LogP contribution in [0.2, 0.25) is 0 Å². The maximum Gasteiger partial charge on any atom is 0.316 e. The predicted octanol–water partition coefficient (Wildman–Crippen LogP) is 3.51. The van der Waals surface area contributed by atoms with E-state index in [-0.39, 0.29) is 12.3 Å². The number of rotatable bonds is 5. The first-order chi connectivity index (χ1) is 11.1. The molecule has 1 atom stereocenters. The van der Waals surface area contributed by atoms with E-state index in [1.807, 2.05) is 42.5 Å². The van der Waals surface area contributed by atoms with Crippen LogP contribution in [0.5, 0.6) is 0 Å². The Morgan fingerprint density at radius 2 is 1.87 bits per heavy atom. The van der Waals surface area contributed by atoms with Gasteiger partial charge in [-0.1, -0.05) is 42.5 Å². The molecular weight excluding hydrogens is 314 g/mol. The van der Waals surface area contributed by atoms with Gasteiger partial charge in [-0.3, -0.25) is 9.59 Å². The summed E-state index contributed by atoms with van der Waals surface area (Å²) in [5, 5.41) is 8.78. The molecule has 0 saturated heterocycles. The van der Waals surface area contributed by atoms with Crippen molar-refractivity contribution >= 4 is 34.8 Å². The van der Waals surface area contributed by atoms with Crippen molar-refractivity contribution in [2.24, 2.45) is 0 Å². The summed E-state index contributed by atoms with van der Waals surface area (Å²) >= 11 is 3.65. The second-order valence-corrected chi connectivity index (χ2v) is 5.56. The highest BCUT2D eigenvalue weighted by molar-refractivity contribution is 7.96. The van der Waals surface area contributed by atoms with Crippen molar-refractivity contribution in [3.05, 3.63) is 54.4 Å². The van der Waals surface area contributed by atoms with Crippen LogP contribution in [0.15, 0.2) is 52.9 Å². The van der Waals surface area contributed by atoms with Gasteiger partial charge < -0.3 is 9.52 Å². The molecule has 1 unspecified atom stereocenters. The zero-order chi connectivity index (χ0) is 16.4. The molecule has 2 aromatic carbocycles. The van der Waals surface area contributed by atoms with Gasteiger partial charge in [0.25, 0.3) is 0 Å². The fourth-order valence-electron chi connectivity index (χ4n) is 2.42. The van der Waals surface area contributed by atoms with Gasteiger partial charge in [-0.15, -0.1) is 12.6 Å². The number of aliphatic carboxylic acids is 1. The average molecular weight is 327 g/mol. The van der Waals surface area contributed by atoms with Gasteiger partial charge in [0, 0.05) is 12.0 Å². The number of carbonyl (C=O) groups excluding carboxylic acids is 1. The highest BCUT2D eigenvalue weighted by atomic mass is 32.1. The Kier molecular flexibility index (Phi) is 4.16. The van der Waals surface area contributed by atoms with Crippen molar-refractivity contribution in [1.29, 1.82) is 0 Å². The molecule has 0 saturated carbocycles. The Morgan fingerprint density at radius 3 is 2.52 bits per heavy atom. The van der Waals surface area contributed by atoms with Gasteiger partial charge in [-0.25, -0.2) is 4.98 Å². The van der Waals surface area contributed by atoms with Crippen molar-refractivity contribution in [3.8, 4) is 11.1 Å². The van der Waals surface area contributed by atoms with Gasteiger partial charge in [0.05, 0.1) is 0 Å². The van der Waals surface area contributed by atoms with Crippen LogP contribution >= 0.6 is 12.6 Å². The maximum absolute atomic E-state index is 11.4. The molecule has 1 N–H and O–H groups in total. The minimum absolute atomic E-state index is 0.0123. The Labute approximate surface area is 137 Å². The van der Waals surface area contributed by atoms with Crippen LogP contribution in [0.3, 0.4) is 0 Å². The highest BCUT2D eigenvalue weighted by Crippen LogP contribution is 2.31. The second kappa shape index (κ2) is 6.26. The molecular formula is C17H13NO4S. The van der Waals surface area contributed by atoms with Gasteiger partial charge in [0.1, 0.15) is 11.4 Å². The molecule has 23 heavy (non-hydrogen) atoms. The monoisotopic (exact) mass is 327 g/mol. The van der Waals surface area contributed by atoms with E-state index < -0.39 is 17.0 Å². The van der Waals surface area contributed by atoms with E-state index in [0.717, 1.165) is 11.1 Å². The number of nitrogens with zero attached hydrogens (tertiary/aromatic N) is 1. The molecule has 0 amide bonds. The van der Waals surface area contributed by atoms with E-state index in [4.69, 9.17) is 4.42 Å². The lowest BCUT2D eigenvalue weighted by atomic mass is 10.0. The minimum Gasteiger partial charge on any atom is -0.481 e. The highest BCUT2D eigenvalue weighted by Gasteiger charge is 2.28. The number of benzene rings is 2. The maximum atomic E-state index is 11.4. The average Bonchev–Trinajstić information content (AvgIpc) is 2.96. The summed E-state index contributed by atoms with van der Waals surface area (Å²) in [7, 11) is 0. The zero-order valence-corrected chi connectivity index (χ0v) is 12.9. The molecule has 5 nitrogen and oxygen atoms in total. The molecule has 3 rings (SSSR count). The lowest BCUT2D eigenvalue weighted by Crippen LogP contribution is -2.14. The van der Waals surface area contributed by atoms with Crippen molar-refractivity contribution < 1.29 is 19.1 Å². The van der Waals surface area contributed by atoms with Gasteiger partial charge in [-0.2, -0.15) is 0 Å². The summed E-state index contributed by atoms with van der Waals surface area (Å²) in [5.74, 6) is -2.30. The minimum atomic E-state index is -1.17. The van der Waals surface area contributed by atoms with E-state index in [0.29, 0.717) is 11.1 Å². The van der Waals surface area contributed by atoms with Crippen LogP contribution in [0.4, 0.5) is 0 Å². The first-order valence-electron chi connectivity index (χ1n) is 6.95. The smallest absolute Gasteiger partial charge is 0.316 e. The summed E-state index contributed by atoms with van der Waals surface area (Å²) in [5.41, 5.74) is 2.86. The third-order valence-electron chi connectivity index (χ3n) is 3.50. The summed E-state index contributed by atoms with van der Waals surface area (Å²) in [6, 6.07) is 15.0. The van der Waals surface area contributed by atoms with E-state index in [2.05, 4.69) is 17.6 Å². The quantitative estimate of drug-likeness (QED) is 0.701. The van der Waals surface area contributed by atoms with E-state index in [1.54, 1.807) is 6.07 Å². The lowest BCUT2D eigenvalue weighted by molar-refractivity contribution is -0.140. The Bertz CT molecular complexity index is 873. The van der Waals surface area contributed by atoms with Gasteiger partial charge >= 0.3 is 5.97 Å². The number of oxazole rings is 1. The van der Waals surface area contributed by atoms with Gasteiger partial charge in [0.15, 0.2) is 10.7 Å². The zero-order valence-electron chi connectivity index (χ0n) is 12.0. The number of carboxylic acid groups (broad SMARTS) is 1. The molecule has 3 aromatic rings. The van der Waals surface area contributed by atoms with Gasteiger partial charge in [0.2, 0.25) is 5.89 Å². The molecule has 0 aliphatic carbocycles. The molecule has 1 heterocycles. The fourth-order valence-corrected chi connectivity index (χ4v) is 2.60. The third-order valence-corrected chi connectivity index (χ3v) is 3.68. The van der Waals surface area contributed by atoms with E-state index in [9.17, 15) is 14.7 Å². The Balaban J connectivity index is 2.12. The summed E-state index contributed by atoms with van der Waals surface area (Å²) in [6.07, 6.45) is -0.272. The standard InChI is InChI=1S/C17H13NO4S/c19-14(23)9-12(17(20)21)16-18-15-11(7-4-8-13(15)22-16)10-5-2-1-3-6-10/h1-8,12H,9H2,(H,19,23)(H,20,21). The van der Waals surface area contributed by atoms with E-state index in [1.165, 1.54) is 0 Å². The van der Waals surface area contributed by atoms with Crippen molar-refractivity contribution in [2.45, 2.75) is 12.3 Å². The topological polar surface area (TPSA) is 80.4 Å². The van der Waals surface area contributed by atoms with Crippen LogP contribution in [-0.4, -0.2) is 21.2 Å². The van der Waals surface area contributed by atoms with Gasteiger partial charge in [-0.05, 0) is 11.6 Å². The van der Waals surface area contributed by atoms with Crippen LogP contribution < -0.4 is 0 Å². The number of hydrogen-bond donors (Lipinski definition) is 2. The Morgan fingerprint density at radius 1 is 1.13 bits per heavy atom. The molecule has 0 aliphatic heterocycles. The SMILES string of the molecule is O=C(S)CC(C(=O)O)c1nc2c(-c3ccccc3)cccc2o1. The summed E-state index contributed by atoms with van der Waals surface area (Å²) in [4.78, 5) is 26.9. The number of fused-ring (bicyclic) bond motifs is 1. The third kappa shape index (κ3) is 3.12. The molecule has 0 spiro atoms. The molecule has 0 aliphatic rings. The number of carbonyl (C=O) groups is 2. The van der Waals surface area contributed by atoms with Crippen molar-refractivity contribution in [3.63, 3.8) is 0 Å². The normalized spacial score (nSPS) is 12.2. The number of hydrogen-bond acceptors (Lipinski definition) is 4. The van der Waals surface area contributed by atoms with Crippen molar-refractivity contribution in [2.75, 3.05) is 0 Å². The first kappa shape index (κ1) is 15.3. The summed E-state index contributed by atoms with van der Waals surface area (Å²) < 4.78 is 5.58. The predicted molar refractivity (Wildman–Crippen MR) is 88.4 cm³/mol. The number of aromatic nitrogens is 1. The Hall–Kier alpha value is -2.60. The second-order valence-electron chi connectivity index (χ2n) is 5.06. The summed E-state index contributed by atoms with van der Waals surface area (Å²) in [6.45, 7) is 0. The molecule has 116 valence electrons. The van der Waals surface area contributed by atoms with Crippen LogP contribution in [0, 0.1) is 0 Å². The number of thiol groups is 1. The molecule has 6 heteroatoms. The number of carboxylic acids is 1. The number of para-hydroxylation sites is 1. The molecule has 0 bridgehead atoms. The fraction of sp³-hybridized carbons (Fsp3) is 0.118. The van der Waals surface area contributed by atoms with Crippen LogP contribution in [0.25, 0.3) is 22.2 Å². The molecule has 1 aromatic heterocycles. The lowest BCUT2D eigenvalue weighted by Gasteiger charge is -2.04. The largest absolute Gasteiger partial charge is 0.481 e. The van der Waals surface area contributed by atoms with Crippen LogP contribution in [0.1, 0.15) is 18.2 Å². The van der Waals surface area contributed by atoms with Crippen LogP contribution in [-0.2, 0) is 9.59 Å². The van der Waals surface area contributed by atoms with E-state index >= 15 is 0 Å². The molecule has 0 fully saturated rings. The first-order valence-corrected chi connectivity index (χ1v) is 7.40. The molecule has 0 radical (unpaired) electrons. The van der Waals surface area contributed by atoms with Crippen molar-refractivity contribution in [1.82, 2.24) is 4.98 Å².